The number of H-pyrrole nitrogens is 1. The minimum Gasteiger partial charge on any atom is -0.493 e. The van der Waals surface area contributed by atoms with Crippen molar-refractivity contribution in [2.45, 2.75) is 4.90 Å². The monoisotopic (exact) mass is 531 g/mol. The molecule has 3 aromatic rings. The number of primary sulfonamides is 1. The topological polar surface area (TPSA) is 133 Å². The number of anilines is 1. The third-order valence-electron chi connectivity index (χ3n) is 3.45. The van der Waals surface area contributed by atoms with E-state index >= 15 is 0 Å². The smallest absolute Gasteiger partial charge is 0.238 e. The lowest BCUT2D eigenvalue weighted by molar-refractivity contribution is 0.459. The van der Waals surface area contributed by atoms with Crippen molar-refractivity contribution in [1.82, 2.24) is 4.98 Å². The van der Waals surface area contributed by atoms with E-state index in [-0.39, 0.29) is 21.6 Å². The summed E-state index contributed by atoms with van der Waals surface area (Å²) >= 11 is 11.9. The molecule has 0 bridgehead atoms. The summed E-state index contributed by atoms with van der Waals surface area (Å²) < 4.78 is 24.1. The molecule has 0 aliphatic carbocycles. The maximum absolute atomic E-state index is 11.3. The van der Waals surface area contributed by atoms with Gasteiger partial charge in [-0.05, 0) is 64.5 Å². The summed E-state index contributed by atoms with van der Waals surface area (Å²) in [5, 5.41) is 26.5. The molecule has 0 aliphatic rings. The van der Waals surface area contributed by atoms with Crippen LogP contribution in [0.4, 0.5) is 11.4 Å². The second-order valence-corrected chi connectivity index (χ2v) is 9.05. The van der Waals surface area contributed by atoms with Crippen molar-refractivity contribution in [3.05, 3.63) is 45.3 Å². The van der Waals surface area contributed by atoms with Crippen LogP contribution in [0.3, 0.4) is 0 Å². The molecule has 27 heavy (non-hydrogen) atoms. The standard InChI is InChI=1S/C15H11Br2N5O3S2/c16-7-5-10-12(11(17)6-7)20-14(23)13(10)21-22-15(26)19-8-1-3-9(4-2-8)27(18,24)25/h1-6,20,23H,(H,19,26)(H2,18,24,25). The molecular formula is C15H11Br2N5O3S2. The first-order valence-corrected chi connectivity index (χ1v) is 10.7. The Hall–Kier alpha value is -1.86. The zero-order valence-corrected chi connectivity index (χ0v) is 18.1. The Balaban J connectivity index is 1.81. The number of nitrogens with zero attached hydrogens (tertiary/aromatic N) is 2. The maximum atomic E-state index is 11.3. The van der Waals surface area contributed by atoms with E-state index in [1.807, 2.05) is 6.07 Å². The van der Waals surface area contributed by atoms with Gasteiger partial charge in [-0.3, -0.25) is 0 Å². The Bertz CT molecular complexity index is 1170. The Kier molecular flexibility index (Phi) is 5.63. The molecule has 0 saturated carbocycles. The van der Waals surface area contributed by atoms with E-state index in [0.717, 1.165) is 8.95 Å². The quantitative estimate of drug-likeness (QED) is 0.290. The van der Waals surface area contributed by atoms with Crippen LogP contribution in [-0.2, 0) is 10.0 Å². The highest BCUT2D eigenvalue weighted by Crippen LogP contribution is 2.40. The van der Waals surface area contributed by atoms with Gasteiger partial charge in [0.1, 0.15) is 0 Å². The summed E-state index contributed by atoms with van der Waals surface area (Å²) in [6.45, 7) is 0. The minimum absolute atomic E-state index is 0.0135. The summed E-state index contributed by atoms with van der Waals surface area (Å²) in [4.78, 5) is 2.80. The molecule has 5 N–H and O–H groups in total. The van der Waals surface area contributed by atoms with Gasteiger partial charge < -0.3 is 15.4 Å². The molecule has 12 heteroatoms. The molecule has 0 saturated heterocycles. The highest BCUT2D eigenvalue weighted by atomic mass is 79.9. The van der Waals surface area contributed by atoms with Crippen LogP contribution >= 0.6 is 44.1 Å². The molecule has 140 valence electrons. The van der Waals surface area contributed by atoms with Gasteiger partial charge >= 0.3 is 0 Å². The van der Waals surface area contributed by atoms with Gasteiger partial charge in [0.25, 0.3) is 0 Å². The maximum Gasteiger partial charge on any atom is 0.238 e. The van der Waals surface area contributed by atoms with Crippen LogP contribution in [-0.4, -0.2) is 23.6 Å². The van der Waals surface area contributed by atoms with Crippen molar-refractivity contribution < 1.29 is 13.5 Å². The predicted octanol–water partition coefficient (Wildman–Crippen LogP) is 4.53. The van der Waals surface area contributed by atoms with Gasteiger partial charge in [-0.25, -0.2) is 13.6 Å². The molecule has 0 amide bonds. The average Bonchev–Trinajstić information content (AvgIpc) is 2.88. The molecule has 0 unspecified atom stereocenters. The number of fused-ring (bicyclic) bond motifs is 1. The number of hydrogen-bond donors (Lipinski definition) is 4. The molecule has 0 radical (unpaired) electrons. The third kappa shape index (κ3) is 4.52. The van der Waals surface area contributed by atoms with Crippen LogP contribution in [0.5, 0.6) is 5.88 Å². The molecular weight excluding hydrogens is 522 g/mol. The predicted molar refractivity (Wildman–Crippen MR) is 114 cm³/mol. The number of nitrogens with two attached hydrogens (primary N) is 1. The van der Waals surface area contributed by atoms with Crippen molar-refractivity contribution in [2.75, 3.05) is 5.32 Å². The fraction of sp³-hybridized carbons (Fsp3) is 0. The van der Waals surface area contributed by atoms with E-state index in [2.05, 4.69) is 52.4 Å². The summed E-state index contributed by atoms with van der Waals surface area (Å²) in [6.07, 6.45) is 0. The molecule has 0 spiro atoms. The van der Waals surface area contributed by atoms with Gasteiger partial charge in [-0.2, -0.15) is 0 Å². The zero-order chi connectivity index (χ0) is 19.8. The van der Waals surface area contributed by atoms with E-state index in [9.17, 15) is 13.5 Å². The third-order valence-corrected chi connectivity index (χ3v) is 5.65. The molecule has 0 aliphatic heterocycles. The molecule has 0 fully saturated rings. The van der Waals surface area contributed by atoms with E-state index in [0.29, 0.717) is 16.6 Å². The van der Waals surface area contributed by atoms with Crippen LogP contribution < -0.4 is 10.5 Å². The lowest BCUT2D eigenvalue weighted by atomic mass is 10.2. The fourth-order valence-electron chi connectivity index (χ4n) is 2.27. The number of azo groups is 1. The van der Waals surface area contributed by atoms with Crippen molar-refractivity contribution in [3.63, 3.8) is 0 Å². The number of benzene rings is 2. The highest BCUT2D eigenvalue weighted by Gasteiger charge is 2.14. The van der Waals surface area contributed by atoms with Gasteiger partial charge in [0.15, 0.2) is 5.69 Å². The molecule has 1 heterocycles. The SMILES string of the molecule is NS(=O)(=O)c1ccc(NC(=S)N=Nc2c(O)[nH]c3c(Br)cc(Br)cc23)cc1. The number of thiocarbonyl (C=S) groups is 1. The van der Waals surface area contributed by atoms with E-state index in [4.69, 9.17) is 17.4 Å². The van der Waals surface area contributed by atoms with Gasteiger partial charge in [-0.1, -0.05) is 15.9 Å². The number of aromatic hydroxyl groups is 1. The molecule has 8 nitrogen and oxygen atoms in total. The Labute approximate surface area is 176 Å². The average molecular weight is 533 g/mol. The zero-order valence-electron chi connectivity index (χ0n) is 13.3. The van der Waals surface area contributed by atoms with Gasteiger partial charge in [0.2, 0.25) is 21.0 Å². The Morgan fingerprint density at radius 2 is 1.89 bits per heavy atom. The summed E-state index contributed by atoms with van der Waals surface area (Å²) in [7, 11) is -3.76. The lowest BCUT2D eigenvalue weighted by Crippen LogP contribution is -2.12. The fourth-order valence-corrected chi connectivity index (χ4v) is 4.26. The number of halogens is 2. The van der Waals surface area contributed by atoms with Crippen molar-refractivity contribution in [3.8, 4) is 5.88 Å². The first-order chi connectivity index (χ1) is 12.6. The van der Waals surface area contributed by atoms with E-state index < -0.39 is 10.0 Å². The number of hydrogen-bond acceptors (Lipinski definition) is 5. The number of aromatic nitrogens is 1. The lowest BCUT2D eigenvalue weighted by Gasteiger charge is -2.04. The number of aromatic amines is 1. The molecule has 3 rings (SSSR count). The highest BCUT2D eigenvalue weighted by molar-refractivity contribution is 9.11. The van der Waals surface area contributed by atoms with Gasteiger partial charge in [0.05, 0.1) is 10.4 Å². The Morgan fingerprint density at radius 1 is 1.22 bits per heavy atom. The van der Waals surface area contributed by atoms with Gasteiger partial charge in [0, 0.05) is 20.0 Å². The van der Waals surface area contributed by atoms with Crippen LogP contribution in [0.15, 0.2) is 60.5 Å². The van der Waals surface area contributed by atoms with Crippen molar-refractivity contribution in [2.24, 2.45) is 15.4 Å². The number of nitrogens with one attached hydrogen (secondary N) is 2. The molecule has 0 atom stereocenters. The number of sulfonamides is 1. The van der Waals surface area contributed by atoms with Crippen molar-refractivity contribution in [1.29, 1.82) is 0 Å². The molecule has 1 aromatic heterocycles. The van der Waals surface area contributed by atoms with Crippen LogP contribution in [0.2, 0.25) is 0 Å². The second kappa shape index (κ2) is 7.64. The molecule has 2 aromatic carbocycles. The Morgan fingerprint density at radius 3 is 2.52 bits per heavy atom. The number of rotatable bonds is 3. The summed E-state index contributed by atoms with van der Waals surface area (Å²) in [6, 6.07) is 9.30. The summed E-state index contributed by atoms with van der Waals surface area (Å²) in [5.41, 5.74) is 1.42. The van der Waals surface area contributed by atoms with Crippen LogP contribution in [0, 0.1) is 0 Å². The van der Waals surface area contributed by atoms with E-state index in [1.165, 1.54) is 24.3 Å². The van der Waals surface area contributed by atoms with Crippen LogP contribution in [0.25, 0.3) is 10.9 Å². The minimum atomic E-state index is -3.76. The second-order valence-electron chi connectivity index (χ2n) is 5.33. The van der Waals surface area contributed by atoms with E-state index in [1.54, 1.807) is 6.07 Å². The summed E-state index contributed by atoms with van der Waals surface area (Å²) in [5.74, 6) is -0.146. The van der Waals surface area contributed by atoms with Gasteiger partial charge in [-0.15, -0.1) is 10.2 Å². The van der Waals surface area contributed by atoms with Crippen molar-refractivity contribution >= 4 is 81.5 Å². The first kappa shape index (κ1) is 19.9. The first-order valence-electron chi connectivity index (χ1n) is 7.20. The normalized spacial score (nSPS) is 12.0. The largest absolute Gasteiger partial charge is 0.493 e. The van der Waals surface area contributed by atoms with Crippen LogP contribution in [0.1, 0.15) is 0 Å².